The number of benzene rings is 2. The highest BCUT2D eigenvalue weighted by Crippen LogP contribution is 2.32. The lowest BCUT2D eigenvalue weighted by Gasteiger charge is -2.20. The summed E-state index contributed by atoms with van der Waals surface area (Å²) in [7, 11) is 0. The molecule has 0 atom stereocenters. The largest absolute Gasteiger partial charge is 0.493 e. The Labute approximate surface area is 230 Å². The fourth-order valence-corrected chi connectivity index (χ4v) is 5.49. The zero-order valence-corrected chi connectivity index (χ0v) is 22.4. The SMILES string of the molecule is Cc1ccc(C)c(OCCCn2cc(C=C3C(=N)N4N=C(c5cccnc5)SC4=NC3=O)c3ccccc32)c1. The molecule has 2 aliphatic heterocycles. The van der Waals surface area contributed by atoms with Crippen LogP contribution in [0.3, 0.4) is 0 Å². The highest BCUT2D eigenvalue weighted by molar-refractivity contribution is 8.27. The van der Waals surface area contributed by atoms with E-state index < -0.39 is 5.91 Å². The number of ether oxygens (including phenoxy) is 1. The number of pyridine rings is 1. The second-order valence-electron chi connectivity index (χ2n) is 9.43. The molecule has 9 heteroatoms. The number of aryl methyl sites for hydroxylation is 3. The number of fused-ring (bicyclic) bond motifs is 2. The van der Waals surface area contributed by atoms with E-state index in [1.807, 2.05) is 36.5 Å². The van der Waals surface area contributed by atoms with Gasteiger partial charge < -0.3 is 9.30 Å². The van der Waals surface area contributed by atoms with E-state index in [0.29, 0.717) is 16.8 Å². The van der Waals surface area contributed by atoms with Gasteiger partial charge in [0, 0.05) is 47.2 Å². The summed E-state index contributed by atoms with van der Waals surface area (Å²) < 4.78 is 8.22. The van der Waals surface area contributed by atoms with Gasteiger partial charge >= 0.3 is 0 Å². The molecule has 0 spiro atoms. The Balaban J connectivity index is 1.23. The van der Waals surface area contributed by atoms with Crippen molar-refractivity contribution in [1.29, 1.82) is 5.41 Å². The second kappa shape index (κ2) is 10.3. The van der Waals surface area contributed by atoms with Gasteiger partial charge in [0.25, 0.3) is 5.91 Å². The van der Waals surface area contributed by atoms with Crippen molar-refractivity contribution in [2.45, 2.75) is 26.8 Å². The minimum atomic E-state index is -0.444. The van der Waals surface area contributed by atoms with Gasteiger partial charge in [0.15, 0.2) is 5.84 Å². The number of amides is 1. The fraction of sp³-hybridized carbons (Fsp3) is 0.167. The normalized spacial score (nSPS) is 16.1. The van der Waals surface area contributed by atoms with Crippen molar-refractivity contribution >= 4 is 50.7 Å². The first-order valence-corrected chi connectivity index (χ1v) is 13.5. The first-order chi connectivity index (χ1) is 19.0. The lowest BCUT2D eigenvalue weighted by Crippen LogP contribution is -2.35. The van der Waals surface area contributed by atoms with Crippen LogP contribution in [0, 0.1) is 19.3 Å². The number of hydrogen-bond donors (Lipinski definition) is 1. The monoisotopic (exact) mass is 534 g/mol. The quantitative estimate of drug-likeness (QED) is 0.239. The molecule has 4 heterocycles. The van der Waals surface area contributed by atoms with E-state index in [9.17, 15) is 4.79 Å². The molecule has 0 saturated carbocycles. The predicted molar refractivity (Wildman–Crippen MR) is 156 cm³/mol. The number of nitrogens with zero attached hydrogens (tertiary/aromatic N) is 5. The number of nitrogens with one attached hydrogen (secondary N) is 1. The van der Waals surface area contributed by atoms with Crippen LogP contribution in [0.2, 0.25) is 0 Å². The summed E-state index contributed by atoms with van der Waals surface area (Å²) in [5, 5.41) is 16.8. The second-order valence-corrected chi connectivity index (χ2v) is 10.4. The van der Waals surface area contributed by atoms with Gasteiger partial charge in [-0.25, -0.2) is 0 Å². The fourth-order valence-electron chi connectivity index (χ4n) is 4.61. The van der Waals surface area contributed by atoms with Gasteiger partial charge in [-0.05, 0) is 73.5 Å². The molecule has 0 fully saturated rings. The van der Waals surface area contributed by atoms with Crippen molar-refractivity contribution in [3.05, 3.63) is 101 Å². The van der Waals surface area contributed by atoms with Crippen molar-refractivity contribution in [3.8, 4) is 5.75 Å². The predicted octanol–water partition coefficient (Wildman–Crippen LogP) is 5.79. The molecule has 0 bridgehead atoms. The average molecular weight is 535 g/mol. The van der Waals surface area contributed by atoms with Crippen LogP contribution in [-0.2, 0) is 11.3 Å². The number of hydrogen-bond acceptors (Lipinski definition) is 6. The average Bonchev–Trinajstić information content (AvgIpc) is 3.53. The molecule has 1 N–H and O–H groups in total. The summed E-state index contributed by atoms with van der Waals surface area (Å²) in [6, 6.07) is 18.0. The minimum Gasteiger partial charge on any atom is -0.493 e. The number of thioether (sulfide) groups is 1. The maximum Gasteiger partial charge on any atom is 0.283 e. The molecule has 194 valence electrons. The maximum atomic E-state index is 13.0. The van der Waals surface area contributed by atoms with Gasteiger partial charge in [-0.1, -0.05) is 30.3 Å². The summed E-state index contributed by atoms with van der Waals surface area (Å²) in [5.74, 6) is 0.483. The van der Waals surface area contributed by atoms with E-state index in [0.717, 1.165) is 46.3 Å². The Morgan fingerprint density at radius 1 is 1.10 bits per heavy atom. The Hall–Kier alpha value is -4.50. The number of amidine groups is 2. The maximum absolute atomic E-state index is 13.0. The lowest BCUT2D eigenvalue weighted by atomic mass is 10.1. The molecule has 0 unspecified atom stereocenters. The molecule has 8 nitrogen and oxygen atoms in total. The van der Waals surface area contributed by atoms with E-state index in [1.54, 1.807) is 18.5 Å². The zero-order chi connectivity index (χ0) is 26.9. The molecule has 2 aliphatic rings. The molecule has 2 aromatic heterocycles. The van der Waals surface area contributed by atoms with E-state index >= 15 is 0 Å². The third kappa shape index (κ3) is 4.88. The first-order valence-electron chi connectivity index (χ1n) is 12.7. The Kier molecular flexibility index (Phi) is 6.58. The van der Waals surface area contributed by atoms with Crippen LogP contribution in [0.15, 0.2) is 88.9 Å². The highest BCUT2D eigenvalue weighted by atomic mass is 32.2. The third-order valence-corrected chi connectivity index (χ3v) is 7.58. The summed E-state index contributed by atoms with van der Waals surface area (Å²) in [6.07, 6.45) is 7.99. The van der Waals surface area contributed by atoms with Gasteiger partial charge in [-0.2, -0.15) is 15.1 Å². The molecule has 39 heavy (non-hydrogen) atoms. The van der Waals surface area contributed by atoms with Crippen molar-refractivity contribution in [3.63, 3.8) is 0 Å². The topological polar surface area (TPSA) is 95.9 Å². The molecular weight excluding hydrogens is 508 g/mol. The summed E-state index contributed by atoms with van der Waals surface area (Å²) in [4.78, 5) is 21.4. The molecule has 6 rings (SSSR count). The molecule has 0 saturated heterocycles. The number of para-hydroxylation sites is 1. The minimum absolute atomic E-state index is 0.00939. The number of rotatable bonds is 7. The Morgan fingerprint density at radius 3 is 2.82 bits per heavy atom. The third-order valence-electron chi connectivity index (χ3n) is 6.63. The van der Waals surface area contributed by atoms with Gasteiger partial charge in [-0.3, -0.25) is 15.2 Å². The highest BCUT2D eigenvalue weighted by Gasteiger charge is 2.36. The molecule has 4 aromatic rings. The van der Waals surface area contributed by atoms with Gasteiger partial charge in [0.05, 0.1) is 12.2 Å². The lowest BCUT2D eigenvalue weighted by molar-refractivity contribution is -0.114. The number of aliphatic imine (C=N–C) groups is 1. The van der Waals surface area contributed by atoms with E-state index in [2.05, 4.69) is 57.8 Å². The van der Waals surface area contributed by atoms with Crippen LogP contribution in [-0.4, -0.2) is 43.1 Å². The standard InChI is InChI=1S/C30H26N6O2S/c1-19-10-11-20(2)26(15-19)38-14-6-13-35-18-22(23-8-3-4-9-25(23)35)16-24-27(31)36-30(33-28(24)37)39-29(34-36)21-7-5-12-32-17-21/h3-5,7-12,15-18,31H,6,13-14H2,1-2H3. The van der Waals surface area contributed by atoms with Crippen molar-refractivity contribution in [2.75, 3.05) is 6.61 Å². The van der Waals surface area contributed by atoms with Crippen LogP contribution < -0.4 is 4.74 Å². The van der Waals surface area contributed by atoms with Crippen LogP contribution in [0.5, 0.6) is 5.75 Å². The van der Waals surface area contributed by atoms with Crippen molar-refractivity contribution < 1.29 is 9.53 Å². The number of carbonyl (C=O) groups is 1. The number of carbonyl (C=O) groups excluding carboxylic acids is 1. The summed E-state index contributed by atoms with van der Waals surface area (Å²) in [6.45, 7) is 5.46. The molecule has 0 aliphatic carbocycles. The van der Waals surface area contributed by atoms with Crippen LogP contribution in [0.4, 0.5) is 0 Å². The molecule has 1 amide bonds. The van der Waals surface area contributed by atoms with E-state index in [1.165, 1.54) is 22.3 Å². The van der Waals surface area contributed by atoms with Gasteiger partial charge in [0.2, 0.25) is 5.17 Å². The van der Waals surface area contributed by atoms with E-state index in [-0.39, 0.29) is 11.4 Å². The van der Waals surface area contributed by atoms with Crippen molar-refractivity contribution in [2.24, 2.45) is 10.1 Å². The van der Waals surface area contributed by atoms with Crippen molar-refractivity contribution in [1.82, 2.24) is 14.6 Å². The van der Waals surface area contributed by atoms with E-state index in [4.69, 9.17) is 10.1 Å². The molecule has 0 radical (unpaired) electrons. The van der Waals surface area contributed by atoms with Gasteiger partial charge in [0.1, 0.15) is 10.8 Å². The number of hydrazone groups is 1. The van der Waals surface area contributed by atoms with Crippen LogP contribution in [0.25, 0.3) is 17.0 Å². The summed E-state index contributed by atoms with van der Waals surface area (Å²) >= 11 is 1.26. The summed E-state index contributed by atoms with van der Waals surface area (Å²) in [5.41, 5.74) is 5.24. The smallest absolute Gasteiger partial charge is 0.283 e. The number of aromatic nitrogens is 2. The van der Waals surface area contributed by atoms with Crippen LogP contribution >= 0.6 is 11.8 Å². The van der Waals surface area contributed by atoms with Crippen LogP contribution in [0.1, 0.15) is 28.7 Å². The first kappa shape index (κ1) is 24.8. The van der Waals surface area contributed by atoms with Gasteiger partial charge in [-0.15, -0.1) is 0 Å². The zero-order valence-electron chi connectivity index (χ0n) is 21.6. The Morgan fingerprint density at radius 2 is 1.97 bits per heavy atom. The molecule has 2 aromatic carbocycles. The molecular formula is C30H26N6O2S. The Bertz CT molecular complexity index is 1700.